The summed E-state index contributed by atoms with van der Waals surface area (Å²) in [4.78, 5) is 23.8. The molecular weight excluding hydrogens is 300 g/mol. The van der Waals surface area contributed by atoms with E-state index in [2.05, 4.69) is 0 Å². The van der Waals surface area contributed by atoms with E-state index in [1.807, 2.05) is 37.3 Å². The second-order valence-electron chi connectivity index (χ2n) is 5.90. The van der Waals surface area contributed by atoms with Gasteiger partial charge in [-0.05, 0) is 6.42 Å². The third-order valence-electron chi connectivity index (χ3n) is 4.03. The van der Waals surface area contributed by atoms with E-state index in [-0.39, 0.29) is 11.4 Å². The molecule has 6 heteroatoms. The van der Waals surface area contributed by atoms with Crippen LogP contribution in [0, 0.1) is 5.41 Å². The molecule has 0 N–H and O–H groups in total. The molecule has 1 saturated heterocycles. The SMILES string of the molecule is CCC1(CC(=O)O[Si](C)(OC(C)=O)c2ccccc2)COC1. The van der Waals surface area contributed by atoms with Gasteiger partial charge in [-0.2, -0.15) is 0 Å². The Bertz CT molecular complexity index is 535. The standard InChI is InChI=1S/C16H22O5Si/c1-4-16(11-19-12-16)10-15(18)21-22(3,20-13(2)17)14-8-6-5-7-9-14/h5-9H,4,10-12H2,1-3H3. The Morgan fingerprint density at radius 1 is 1.23 bits per heavy atom. The highest BCUT2D eigenvalue weighted by Gasteiger charge is 2.45. The Kier molecular flexibility index (Phi) is 5.03. The minimum atomic E-state index is -3.09. The lowest BCUT2D eigenvalue weighted by Crippen LogP contribution is -2.54. The Labute approximate surface area is 131 Å². The van der Waals surface area contributed by atoms with Gasteiger partial charge in [-0.25, -0.2) is 0 Å². The third kappa shape index (κ3) is 3.75. The molecule has 5 nitrogen and oxygen atoms in total. The molecule has 2 rings (SSSR count). The van der Waals surface area contributed by atoms with Gasteiger partial charge in [0, 0.05) is 24.1 Å². The molecule has 1 unspecified atom stereocenters. The quantitative estimate of drug-likeness (QED) is 0.749. The van der Waals surface area contributed by atoms with E-state index < -0.39 is 14.5 Å². The maximum Gasteiger partial charge on any atom is 0.496 e. The molecule has 1 fully saturated rings. The number of hydrogen-bond donors (Lipinski definition) is 0. The van der Waals surface area contributed by atoms with E-state index in [0.717, 1.165) is 11.6 Å². The molecule has 1 atom stereocenters. The van der Waals surface area contributed by atoms with Crippen molar-refractivity contribution in [1.29, 1.82) is 0 Å². The van der Waals surface area contributed by atoms with Crippen molar-refractivity contribution in [3.63, 3.8) is 0 Å². The molecule has 1 aromatic carbocycles. The molecule has 0 amide bonds. The molecule has 1 heterocycles. The largest absolute Gasteiger partial charge is 0.496 e. The maximum atomic E-state index is 12.3. The Morgan fingerprint density at radius 3 is 2.32 bits per heavy atom. The fraction of sp³-hybridized carbons (Fsp3) is 0.500. The van der Waals surface area contributed by atoms with Crippen molar-refractivity contribution >= 4 is 25.7 Å². The fourth-order valence-corrected chi connectivity index (χ4v) is 4.67. The number of hydrogen-bond acceptors (Lipinski definition) is 5. The summed E-state index contributed by atoms with van der Waals surface area (Å²) >= 11 is 0. The second-order valence-corrected chi connectivity index (χ2v) is 8.78. The first-order valence-corrected chi connectivity index (χ1v) is 9.75. The van der Waals surface area contributed by atoms with Gasteiger partial charge in [0.05, 0.1) is 19.6 Å². The molecule has 0 saturated carbocycles. The Balaban J connectivity index is 2.13. The van der Waals surface area contributed by atoms with Gasteiger partial charge < -0.3 is 13.6 Å². The van der Waals surface area contributed by atoms with Crippen molar-refractivity contribution in [2.24, 2.45) is 5.41 Å². The number of rotatable bonds is 6. The zero-order valence-electron chi connectivity index (χ0n) is 13.3. The van der Waals surface area contributed by atoms with Crippen LogP contribution in [0.5, 0.6) is 0 Å². The van der Waals surface area contributed by atoms with E-state index >= 15 is 0 Å². The first-order valence-electron chi connectivity index (χ1n) is 7.44. The summed E-state index contributed by atoms with van der Waals surface area (Å²) in [5.74, 6) is -0.771. The molecule has 0 radical (unpaired) electrons. The molecule has 1 aliphatic rings. The van der Waals surface area contributed by atoms with Gasteiger partial charge in [0.1, 0.15) is 0 Å². The lowest BCUT2D eigenvalue weighted by Gasteiger charge is -2.40. The van der Waals surface area contributed by atoms with Crippen molar-refractivity contribution in [1.82, 2.24) is 0 Å². The highest BCUT2D eigenvalue weighted by Crippen LogP contribution is 2.35. The summed E-state index contributed by atoms with van der Waals surface area (Å²) in [7, 11) is -3.09. The zero-order chi connectivity index (χ0) is 16.2. The normalized spacial score (nSPS) is 18.7. The smallest absolute Gasteiger partial charge is 0.482 e. The van der Waals surface area contributed by atoms with Crippen LogP contribution < -0.4 is 5.19 Å². The first-order chi connectivity index (χ1) is 10.4. The highest BCUT2D eigenvalue weighted by molar-refractivity contribution is 6.82. The predicted molar refractivity (Wildman–Crippen MR) is 83.7 cm³/mol. The molecule has 0 aromatic heterocycles. The zero-order valence-corrected chi connectivity index (χ0v) is 14.3. The molecule has 0 aliphatic carbocycles. The van der Waals surface area contributed by atoms with E-state index in [4.69, 9.17) is 13.6 Å². The van der Waals surface area contributed by atoms with Crippen molar-refractivity contribution < 1.29 is 23.2 Å². The molecule has 0 bridgehead atoms. The van der Waals surface area contributed by atoms with Crippen LogP contribution in [0.3, 0.4) is 0 Å². The fourth-order valence-electron chi connectivity index (χ4n) is 2.54. The Morgan fingerprint density at radius 2 is 1.86 bits per heavy atom. The summed E-state index contributed by atoms with van der Waals surface area (Å²) in [6.45, 7) is 6.24. The lowest BCUT2D eigenvalue weighted by molar-refractivity contribution is -0.156. The number of carbonyl (C=O) groups excluding carboxylic acids is 2. The van der Waals surface area contributed by atoms with Gasteiger partial charge in [0.15, 0.2) is 0 Å². The van der Waals surface area contributed by atoms with Crippen LogP contribution in [0.25, 0.3) is 0 Å². The second kappa shape index (κ2) is 6.62. The van der Waals surface area contributed by atoms with Gasteiger partial charge in [-0.1, -0.05) is 37.3 Å². The van der Waals surface area contributed by atoms with Crippen molar-refractivity contribution in [2.75, 3.05) is 13.2 Å². The van der Waals surface area contributed by atoms with Crippen LogP contribution in [0.1, 0.15) is 26.7 Å². The number of benzene rings is 1. The summed E-state index contributed by atoms with van der Waals surface area (Å²) in [5.41, 5.74) is -0.126. The number of ether oxygens (including phenoxy) is 1. The van der Waals surface area contributed by atoms with Crippen LogP contribution in [-0.2, 0) is 23.2 Å². The van der Waals surface area contributed by atoms with Gasteiger partial charge >= 0.3 is 8.56 Å². The van der Waals surface area contributed by atoms with Crippen LogP contribution in [0.4, 0.5) is 0 Å². The summed E-state index contributed by atoms with van der Waals surface area (Å²) in [5, 5.41) is 0.758. The number of carbonyl (C=O) groups is 2. The van der Waals surface area contributed by atoms with Crippen molar-refractivity contribution in [2.45, 2.75) is 33.2 Å². The van der Waals surface area contributed by atoms with Gasteiger partial charge in [0.25, 0.3) is 11.9 Å². The third-order valence-corrected chi connectivity index (χ3v) is 6.71. The van der Waals surface area contributed by atoms with Crippen molar-refractivity contribution in [3.05, 3.63) is 30.3 Å². The van der Waals surface area contributed by atoms with Crippen LogP contribution in [0.2, 0.25) is 6.55 Å². The topological polar surface area (TPSA) is 61.8 Å². The van der Waals surface area contributed by atoms with Crippen LogP contribution >= 0.6 is 0 Å². The van der Waals surface area contributed by atoms with Crippen LogP contribution in [-0.4, -0.2) is 33.7 Å². The average molecular weight is 322 g/mol. The summed E-state index contributed by atoms with van der Waals surface area (Å²) < 4.78 is 16.3. The monoisotopic (exact) mass is 322 g/mol. The lowest BCUT2D eigenvalue weighted by atomic mass is 9.80. The van der Waals surface area contributed by atoms with Crippen LogP contribution in [0.15, 0.2) is 30.3 Å². The average Bonchev–Trinajstić information content (AvgIpc) is 2.43. The van der Waals surface area contributed by atoms with Gasteiger partial charge in [-0.15, -0.1) is 0 Å². The van der Waals surface area contributed by atoms with E-state index in [1.54, 1.807) is 6.55 Å². The molecular formula is C16H22O5Si. The molecule has 22 heavy (non-hydrogen) atoms. The molecule has 0 spiro atoms. The molecule has 1 aromatic rings. The van der Waals surface area contributed by atoms with Gasteiger partial charge in [0.2, 0.25) is 0 Å². The first kappa shape index (κ1) is 16.7. The summed E-state index contributed by atoms with van der Waals surface area (Å²) in [6.07, 6.45) is 1.15. The highest BCUT2D eigenvalue weighted by atomic mass is 28.4. The van der Waals surface area contributed by atoms with Crippen molar-refractivity contribution in [3.8, 4) is 0 Å². The Hall–Kier alpha value is -1.66. The minimum absolute atomic E-state index is 0.126. The minimum Gasteiger partial charge on any atom is -0.482 e. The summed E-state index contributed by atoms with van der Waals surface area (Å²) in [6, 6.07) is 9.19. The predicted octanol–water partition coefficient (Wildman–Crippen LogP) is 1.89. The van der Waals surface area contributed by atoms with E-state index in [1.165, 1.54) is 6.92 Å². The van der Waals surface area contributed by atoms with E-state index in [0.29, 0.717) is 19.6 Å². The molecule has 120 valence electrons. The molecule has 1 aliphatic heterocycles. The van der Waals surface area contributed by atoms with E-state index in [9.17, 15) is 9.59 Å². The maximum absolute atomic E-state index is 12.3. The van der Waals surface area contributed by atoms with Gasteiger partial charge in [-0.3, -0.25) is 9.59 Å².